The van der Waals surface area contributed by atoms with Crippen molar-refractivity contribution in [3.05, 3.63) is 0 Å². The third-order valence-corrected chi connectivity index (χ3v) is 19.9. The molecule has 3 saturated carbocycles. The molecule has 0 bridgehead atoms. The molecule has 4 saturated heterocycles. The summed E-state index contributed by atoms with van der Waals surface area (Å²) in [6.45, 7) is 10.5. The Labute approximate surface area is 391 Å². The third kappa shape index (κ3) is 13.1. The number of hydrogen-bond donors (Lipinski definition) is 7. The Balaban J connectivity index is 0.838. The molecule has 0 aromatic heterocycles. The average Bonchev–Trinajstić information content (AvgIpc) is 4.10. The zero-order valence-corrected chi connectivity index (χ0v) is 41.6. The second kappa shape index (κ2) is 22.2. The lowest BCUT2D eigenvalue weighted by Gasteiger charge is -2.41. The van der Waals surface area contributed by atoms with Crippen molar-refractivity contribution < 1.29 is 32.7 Å². The largest absolute Gasteiger partial charge is 0.391 e. The highest BCUT2D eigenvalue weighted by Crippen LogP contribution is 2.44. The van der Waals surface area contributed by atoms with Crippen LogP contribution in [0.25, 0.3) is 0 Å². The summed E-state index contributed by atoms with van der Waals surface area (Å²) in [6, 6.07) is -0.252. The van der Waals surface area contributed by atoms with Crippen LogP contribution in [0.15, 0.2) is 0 Å². The van der Waals surface area contributed by atoms with Crippen molar-refractivity contribution in [3.63, 3.8) is 0 Å². The summed E-state index contributed by atoms with van der Waals surface area (Å²) in [7, 11) is -3.34. The number of carbonyl (C=O) groups excluding carboxylic acids is 4. The molecule has 18 heteroatoms. The van der Waals surface area contributed by atoms with Crippen LogP contribution in [0.1, 0.15) is 118 Å². The van der Waals surface area contributed by atoms with Crippen LogP contribution in [0.3, 0.4) is 0 Å². The summed E-state index contributed by atoms with van der Waals surface area (Å²) in [5.41, 5.74) is -0.590. The summed E-state index contributed by atoms with van der Waals surface area (Å²) in [4.78, 5) is 55.2. The lowest BCUT2D eigenvalue weighted by Crippen LogP contribution is -2.57. The molecule has 9 unspecified atom stereocenters. The number of aliphatic hydroxyl groups excluding tert-OH is 1. The molecule has 12 atom stereocenters. The Morgan fingerprint density at radius 1 is 0.812 bits per heavy atom. The zero-order valence-electron chi connectivity index (χ0n) is 39.2. The second-order valence-electron chi connectivity index (χ2n) is 21.8. The number of rotatable bonds is 15. The van der Waals surface area contributed by atoms with E-state index in [-0.39, 0.29) is 60.6 Å². The predicted molar refractivity (Wildman–Crippen MR) is 254 cm³/mol. The van der Waals surface area contributed by atoms with Gasteiger partial charge in [0.2, 0.25) is 33.7 Å². The van der Waals surface area contributed by atoms with Crippen molar-refractivity contribution in [2.75, 3.05) is 57.2 Å². The van der Waals surface area contributed by atoms with E-state index in [2.05, 4.69) is 71.4 Å². The van der Waals surface area contributed by atoms with Crippen LogP contribution in [0.2, 0.25) is 0 Å². The molecule has 15 nitrogen and oxygen atoms in total. The van der Waals surface area contributed by atoms with Gasteiger partial charge in [0.15, 0.2) is 0 Å². The van der Waals surface area contributed by atoms with Gasteiger partial charge in [-0.25, -0.2) is 12.7 Å². The maximum Gasteiger partial charge on any atom is 0.242 e. The summed E-state index contributed by atoms with van der Waals surface area (Å²) in [6.07, 6.45) is 15.3. The number of nitrogens with one attached hydrogen (secondary N) is 6. The molecular formula is C46H80N8O7S3. The van der Waals surface area contributed by atoms with Gasteiger partial charge in [-0.15, -0.1) is 23.5 Å². The molecule has 3 aliphatic carbocycles. The molecule has 0 aromatic carbocycles. The molecular weight excluding hydrogens is 873 g/mol. The topological polar surface area (TPSA) is 201 Å². The molecule has 7 rings (SSSR count). The summed E-state index contributed by atoms with van der Waals surface area (Å²) >= 11 is 3.75. The first-order valence-corrected chi connectivity index (χ1v) is 28.6. The van der Waals surface area contributed by atoms with E-state index in [4.69, 9.17) is 0 Å². The van der Waals surface area contributed by atoms with Crippen LogP contribution < -0.4 is 31.9 Å². The number of hydrogen-bond acceptors (Lipinski definition) is 12. The molecule has 364 valence electrons. The lowest BCUT2D eigenvalue weighted by atomic mass is 9.67. The molecule has 0 spiro atoms. The Hall–Kier alpha value is -1.67. The van der Waals surface area contributed by atoms with Gasteiger partial charge in [-0.3, -0.25) is 24.5 Å². The van der Waals surface area contributed by atoms with Crippen LogP contribution >= 0.6 is 23.5 Å². The quantitative estimate of drug-likeness (QED) is 0.127. The van der Waals surface area contributed by atoms with E-state index in [1.165, 1.54) is 55.7 Å². The first-order valence-electron chi connectivity index (χ1n) is 24.7. The highest BCUT2D eigenvalue weighted by molar-refractivity contribution is 8.00. The Morgan fingerprint density at radius 2 is 1.53 bits per heavy atom. The number of nitrogens with zero attached hydrogens (tertiary/aromatic N) is 2. The molecule has 64 heavy (non-hydrogen) atoms. The monoisotopic (exact) mass is 953 g/mol. The molecule has 7 aliphatic rings. The van der Waals surface area contributed by atoms with Crippen molar-refractivity contribution in [1.29, 1.82) is 0 Å². The minimum atomic E-state index is -3.34. The average molecular weight is 953 g/mol. The molecule has 4 heterocycles. The Bertz CT molecular complexity index is 1730. The first-order chi connectivity index (χ1) is 30.4. The van der Waals surface area contributed by atoms with Gasteiger partial charge >= 0.3 is 0 Å². The van der Waals surface area contributed by atoms with E-state index in [0.29, 0.717) is 66.4 Å². The first kappa shape index (κ1) is 50.2. The number of sulfonamides is 1. The van der Waals surface area contributed by atoms with Gasteiger partial charge in [0.05, 0.1) is 30.9 Å². The molecule has 7 fully saturated rings. The zero-order chi connectivity index (χ0) is 45.8. The minimum Gasteiger partial charge on any atom is -0.391 e. The van der Waals surface area contributed by atoms with E-state index in [0.717, 1.165) is 56.0 Å². The fourth-order valence-electron chi connectivity index (χ4n) is 12.3. The van der Waals surface area contributed by atoms with E-state index in [9.17, 15) is 32.7 Å². The van der Waals surface area contributed by atoms with E-state index in [1.807, 2.05) is 0 Å². The third-order valence-electron chi connectivity index (χ3n) is 16.0. The Kier molecular flexibility index (Phi) is 17.4. The number of likely N-dealkylation sites (tertiary alicyclic amines) is 1. The smallest absolute Gasteiger partial charge is 0.242 e. The van der Waals surface area contributed by atoms with Crippen molar-refractivity contribution in [3.8, 4) is 0 Å². The SMILES string of the molecule is CC1NCSC1C1CCC(CNC(=O)[C@@H]2C[C@@H](O)CN2C(=O)[C@@H](NCC2CCCC(C3CCCC(C4CSC(NC(=O)CNC(=O)C5CCN(S(C)(=O)=O)C5)N4)C3)C2)C(C)(C)C)CC1. The van der Waals surface area contributed by atoms with Crippen molar-refractivity contribution in [1.82, 2.24) is 41.1 Å². The summed E-state index contributed by atoms with van der Waals surface area (Å²) in [5, 5.41) is 31.4. The van der Waals surface area contributed by atoms with Gasteiger partial charge < -0.3 is 36.6 Å². The van der Waals surface area contributed by atoms with Gasteiger partial charge in [-0.05, 0) is 112 Å². The molecule has 4 aliphatic heterocycles. The molecule has 0 radical (unpaired) electrons. The van der Waals surface area contributed by atoms with Crippen LogP contribution in [0.5, 0.6) is 0 Å². The van der Waals surface area contributed by atoms with Gasteiger partial charge in [0, 0.05) is 61.6 Å². The van der Waals surface area contributed by atoms with Crippen LogP contribution in [0.4, 0.5) is 0 Å². The van der Waals surface area contributed by atoms with Gasteiger partial charge in [0.25, 0.3) is 0 Å². The van der Waals surface area contributed by atoms with Gasteiger partial charge in [-0.2, -0.15) is 0 Å². The second-order valence-corrected chi connectivity index (χ2v) is 26.0. The maximum atomic E-state index is 14.4. The highest BCUT2D eigenvalue weighted by Gasteiger charge is 2.45. The van der Waals surface area contributed by atoms with Crippen molar-refractivity contribution in [2.45, 2.75) is 159 Å². The molecule has 4 amide bonds. The Morgan fingerprint density at radius 3 is 2.22 bits per heavy atom. The lowest BCUT2D eigenvalue weighted by molar-refractivity contribution is -0.142. The normalized spacial score (nSPS) is 37.0. The van der Waals surface area contributed by atoms with E-state index in [1.54, 1.807) is 16.7 Å². The standard InChI is InChI=1S/C46H80N8O7S3/c1-28-40(63-27-50-28)31-14-12-29(13-15-31)21-48-43(58)38-20-36(55)25-54(38)44(59)41(46(2,3)4)47-22-30-8-6-9-32(18-30)33-10-7-11-34(19-33)37-26-62-45(51-37)52-39(56)23-49-42(57)35-16-17-53(24-35)64(5,60)61/h28-38,40-41,45,47,50-51,55H,6-27H2,1-5H3,(H,48,58)(H,49,57)(H,52,56)/t28?,29?,30?,31?,32?,33?,34?,35?,36-,37?,38+,40?,41-,45?/m1/s1. The number of carbonyl (C=O) groups is 4. The number of thioether (sulfide) groups is 2. The number of β-amino-alcohol motifs (C(OH)–C–C–N with tert-alkyl or cyclic N) is 1. The van der Waals surface area contributed by atoms with Crippen LogP contribution in [-0.2, 0) is 29.2 Å². The molecule has 7 N–H and O–H groups in total. The van der Waals surface area contributed by atoms with Crippen molar-refractivity contribution in [2.24, 2.45) is 46.8 Å². The maximum absolute atomic E-state index is 14.4. The van der Waals surface area contributed by atoms with Gasteiger partial charge in [-0.1, -0.05) is 46.5 Å². The van der Waals surface area contributed by atoms with Crippen LogP contribution in [0, 0.1) is 46.8 Å². The van der Waals surface area contributed by atoms with E-state index < -0.39 is 34.1 Å². The van der Waals surface area contributed by atoms with Crippen molar-refractivity contribution >= 4 is 57.2 Å². The fourth-order valence-corrected chi connectivity index (χ4v) is 15.9. The van der Waals surface area contributed by atoms with Crippen LogP contribution in [-0.4, -0.2) is 145 Å². The summed E-state index contributed by atoms with van der Waals surface area (Å²) in [5.74, 6) is 4.24. The number of amides is 4. The fraction of sp³-hybridized carbons (Fsp3) is 0.913. The van der Waals surface area contributed by atoms with E-state index >= 15 is 0 Å². The van der Waals surface area contributed by atoms with Gasteiger partial charge in [0.1, 0.15) is 11.5 Å². The highest BCUT2D eigenvalue weighted by atomic mass is 32.2. The number of aliphatic hydroxyl groups is 1. The summed E-state index contributed by atoms with van der Waals surface area (Å²) < 4.78 is 25.0. The molecule has 0 aromatic rings. The minimum absolute atomic E-state index is 0.0859. The predicted octanol–water partition coefficient (Wildman–Crippen LogP) is 3.04.